The molecule has 0 spiro atoms. The first kappa shape index (κ1) is 18.4. The van der Waals surface area contributed by atoms with Crippen LogP contribution in [0.5, 0.6) is 0 Å². The fraction of sp³-hybridized carbons (Fsp3) is 0.222. The molecule has 0 aliphatic carbocycles. The van der Waals surface area contributed by atoms with Gasteiger partial charge in [-0.1, -0.05) is 35.9 Å². The topological polar surface area (TPSA) is 75.8 Å². The Labute approximate surface area is 160 Å². The molecule has 1 aliphatic rings. The summed E-state index contributed by atoms with van der Waals surface area (Å²) in [5.74, 6) is -0.0385. The van der Waals surface area contributed by atoms with Crippen LogP contribution in [0.4, 0.5) is 5.69 Å². The van der Waals surface area contributed by atoms with Gasteiger partial charge in [-0.3, -0.25) is 14.9 Å². The van der Waals surface area contributed by atoms with Crippen LogP contribution in [-0.4, -0.2) is 27.4 Å². The highest BCUT2D eigenvalue weighted by Gasteiger charge is 2.33. The third kappa shape index (κ3) is 3.86. The van der Waals surface area contributed by atoms with E-state index in [0.717, 1.165) is 11.3 Å². The van der Waals surface area contributed by atoms with Crippen molar-refractivity contribution in [3.8, 4) is 0 Å². The van der Waals surface area contributed by atoms with Crippen molar-refractivity contribution in [3.05, 3.63) is 74.8 Å². The van der Waals surface area contributed by atoms with Crippen molar-refractivity contribution in [2.45, 2.75) is 18.9 Å². The van der Waals surface area contributed by atoms with Crippen molar-refractivity contribution in [3.63, 3.8) is 0 Å². The summed E-state index contributed by atoms with van der Waals surface area (Å²) in [4.78, 5) is 23.1. The molecule has 0 N–H and O–H groups in total. The summed E-state index contributed by atoms with van der Waals surface area (Å²) in [5.41, 5.74) is 2.22. The zero-order valence-corrected chi connectivity index (χ0v) is 15.2. The maximum absolute atomic E-state index is 12.5. The maximum atomic E-state index is 12.5. The summed E-state index contributed by atoms with van der Waals surface area (Å²) in [6.45, 7) is 0. The summed E-state index contributed by atoms with van der Waals surface area (Å²) in [5, 5.41) is 17.5. The molecule has 134 valence electrons. The summed E-state index contributed by atoms with van der Waals surface area (Å²) < 4.78 is 0. The van der Waals surface area contributed by atoms with Crippen LogP contribution in [-0.2, 0) is 4.79 Å². The van der Waals surface area contributed by atoms with Crippen molar-refractivity contribution in [1.29, 1.82) is 0 Å². The van der Waals surface area contributed by atoms with Crippen LogP contribution in [0.2, 0.25) is 5.02 Å². The number of nitro benzene ring substituents is 1. The van der Waals surface area contributed by atoms with E-state index in [2.05, 4.69) is 5.10 Å². The minimum atomic E-state index is -0.454. The van der Waals surface area contributed by atoms with Crippen LogP contribution in [0.3, 0.4) is 0 Å². The molecule has 1 aliphatic heterocycles. The highest BCUT2D eigenvalue weighted by molar-refractivity contribution is 6.30. The second-order valence-corrected chi connectivity index (χ2v) is 6.62. The lowest BCUT2D eigenvalue weighted by Gasteiger charge is -2.21. The Morgan fingerprint density at radius 1 is 1.27 bits per heavy atom. The van der Waals surface area contributed by atoms with Gasteiger partial charge in [0.1, 0.15) is 0 Å². The van der Waals surface area contributed by atoms with E-state index in [9.17, 15) is 14.9 Å². The molecular weight excluding hydrogens is 377 g/mol. The molecule has 1 atom stereocenters. The Bertz CT molecular complexity index is 868. The summed E-state index contributed by atoms with van der Waals surface area (Å²) in [6.07, 6.45) is 0.598. The molecule has 0 fully saturated rings. The average molecular weight is 392 g/mol. The number of hydrazone groups is 1. The quantitative estimate of drug-likeness (QED) is 0.425. The molecule has 8 heteroatoms. The van der Waals surface area contributed by atoms with Crippen molar-refractivity contribution in [1.82, 2.24) is 5.01 Å². The first-order chi connectivity index (χ1) is 12.5. The number of non-ortho nitro benzene ring substituents is 1. The monoisotopic (exact) mass is 391 g/mol. The van der Waals surface area contributed by atoms with Crippen molar-refractivity contribution in [2.75, 3.05) is 5.88 Å². The van der Waals surface area contributed by atoms with Crippen LogP contribution in [0.1, 0.15) is 30.0 Å². The predicted octanol–water partition coefficient (Wildman–Crippen LogP) is 4.55. The van der Waals surface area contributed by atoms with Crippen molar-refractivity contribution in [2.24, 2.45) is 5.10 Å². The number of rotatable bonds is 5. The molecule has 0 unspecified atom stereocenters. The molecule has 0 saturated carbocycles. The lowest BCUT2D eigenvalue weighted by atomic mass is 9.98. The van der Waals surface area contributed by atoms with E-state index in [0.29, 0.717) is 17.0 Å². The normalized spacial score (nSPS) is 16.5. The first-order valence-corrected chi connectivity index (χ1v) is 8.86. The molecular formula is C18H15Cl2N3O3. The highest BCUT2D eigenvalue weighted by atomic mass is 35.5. The third-order valence-electron chi connectivity index (χ3n) is 4.12. The number of halogens is 2. The minimum absolute atomic E-state index is 0.0211. The van der Waals surface area contributed by atoms with Gasteiger partial charge in [-0.15, -0.1) is 11.6 Å². The number of carbonyl (C=O) groups is 1. The van der Waals surface area contributed by atoms with E-state index < -0.39 is 11.0 Å². The molecule has 0 saturated heterocycles. The van der Waals surface area contributed by atoms with Gasteiger partial charge >= 0.3 is 0 Å². The molecule has 2 aromatic carbocycles. The standard InChI is InChI=1S/C18H15Cl2N3O3/c19-9-8-18(24)22-17(13-2-1-3-15(10-13)23(25)26)11-16(21-22)12-4-6-14(20)7-5-12/h1-7,10,17H,8-9,11H2/t17-/m0/s1. The number of carbonyl (C=O) groups excluding carboxylic acids is 1. The van der Waals surface area contributed by atoms with E-state index >= 15 is 0 Å². The summed E-state index contributed by atoms with van der Waals surface area (Å²) >= 11 is 11.6. The third-order valence-corrected chi connectivity index (χ3v) is 4.56. The number of hydrogen-bond donors (Lipinski definition) is 0. The Hall–Kier alpha value is -2.44. The van der Waals surface area contributed by atoms with Gasteiger partial charge in [-0.2, -0.15) is 5.10 Å². The molecule has 3 rings (SSSR count). The zero-order chi connectivity index (χ0) is 18.7. The van der Waals surface area contributed by atoms with E-state index in [1.54, 1.807) is 24.3 Å². The SMILES string of the molecule is O=C(CCCl)N1N=C(c2ccc(Cl)cc2)C[C@H]1c1cccc([N+](=O)[O-])c1. The van der Waals surface area contributed by atoms with E-state index in [-0.39, 0.29) is 23.9 Å². The van der Waals surface area contributed by atoms with Gasteiger partial charge in [0.25, 0.3) is 5.69 Å². The fourth-order valence-electron chi connectivity index (χ4n) is 2.86. The predicted molar refractivity (Wildman–Crippen MR) is 101 cm³/mol. The molecule has 0 radical (unpaired) electrons. The second-order valence-electron chi connectivity index (χ2n) is 5.80. The van der Waals surface area contributed by atoms with Gasteiger partial charge in [0.15, 0.2) is 0 Å². The van der Waals surface area contributed by atoms with Crippen LogP contribution < -0.4 is 0 Å². The lowest BCUT2D eigenvalue weighted by molar-refractivity contribution is -0.384. The smallest absolute Gasteiger partial charge is 0.269 e. The zero-order valence-electron chi connectivity index (χ0n) is 13.6. The number of benzene rings is 2. The van der Waals surface area contributed by atoms with Crippen LogP contribution in [0.15, 0.2) is 53.6 Å². The summed E-state index contributed by atoms with van der Waals surface area (Å²) in [6, 6.07) is 13.0. The van der Waals surface area contributed by atoms with Crippen LogP contribution in [0, 0.1) is 10.1 Å². The highest BCUT2D eigenvalue weighted by Crippen LogP contribution is 2.34. The largest absolute Gasteiger partial charge is 0.273 e. The number of hydrogen-bond acceptors (Lipinski definition) is 4. The molecule has 1 heterocycles. The van der Waals surface area contributed by atoms with Gasteiger partial charge in [0, 0.05) is 35.9 Å². The molecule has 0 bridgehead atoms. The number of nitrogens with zero attached hydrogens (tertiary/aromatic N) is 3. The van der Waals surface area contributed by atoms with Gasteiger partial charge in [-0.05, 0) is 23.3 Å². The van der Waals surface area contributed by atoms with Gasteiger partial charge < -0.3 is 0 Å². The van der Waals surface area contributed by atoms with E-state index in [4.69, 9.17) is 23.2 Å². The minimum Gasteiger partial charge on any atom is -0.273 e. The van der Waals surface area contributed by atoms with E-state index in [1.165, 1.54) is 17.1 Å². The Morgan fingerprint density at radius 3 is 2.65 bits per heavy atom. The fourth-order valence-corrected chi connectivity index (χ4v) is 3.15. The Morgan fingerprint density at radius 2 is 2.00 bits per heavy atom. The van der Waals surface area contributed by atoms with Crippen molar-refractivity contribution >= 4 is 40.5 Å². The molecule has 6 nitrogen and oxygen atoms in total. The molecule has 0 aromatic heterocycles. The maximum Gasteiger partial charge on any atom is 0.269 e. The molecule has 2 aromatic rings. The summed E-state index contributed by atoms with van der Waals surface area (Å²) in [7, 11) is 0. The number of alkyl halides is 1. The van der Waals surface area contributed by atoms with Crippen LogP contribution >= 0.6 is 23.2 Å². The van der Waals surface area contributed by atoms with Crippen LogP contribution in [0.25, 0.3) is 0 Å². The first-order valence-electron chi connectivity index (χ1n) is 7.95. The molecule has 1 amide bonds. The average Bonchev–Trinajstić information content (AvgIpc) is 3.08. The second kappa shape index (κ2) is 7.85. The van der Waals surface area contributed by atoms with Gasteiger partial charge in [0.2, 0.25) is 5.91 Å². The van der Waals surface area contributed by atoms with E-state index in [1.807, 2.05) is 12.1 Å². The Balaban J connectivity index is 1.96. The molecule has 26 heavy (non-hydrogen) atoms. The van der Waals surface area contributed by atoms with Crippen molar-refractivity contribution < 1.29 is 9.72 Å². The Kier molecular flexibility index (Phi) is 5.54. The number of nitro groups is 1. The lowest BCUT2D eigenvalue weighted by Crippen LogP contribution is -2.27. The van der Waals surface area contributed by atoms with Gasteiger partial charge in [-0.25, -0.2) is 5.01 Å². The number of amides is 1. The van der Waals surface area contributed by atoms with Gasteiger partial charge in [0.05, 0.1) is 16.7 Å².